The Morgan fingerprint density at radius 1 is 1.29 bits per heavy atom. The first-order valence-corrected chi connectivity index (χ1v) is 4.52. The van der Waals surface area contributed by atoms with Crippen molar-refractivity contribution in [1.29, 1.82) is 0 Å². The van der Waals surface area contributed by atoms with E-state index >= 15 is 0 Å². The number of para-hydroxylation sites is 2. The molecule has 1 aromatic carbocycles. The molecule has 0 amide bonds. The normalized spacial score (nSPS) is 25.1. The Morgan fingerprint density at radius 2 is 2.00 bits per heavy atom. The van der Waals surface area contributed by atoms with E-state index in [1.54, 1.807) is 12.1 Å². The Labute approximate surface area is 83.2 Å². The van der Waals surface area contributed by atoms with Crippen molar-refractivity contribution < 1.29 is 5.11 Å². The molecule has 1 atom stereocenters. The second-order valence-corrected chi connectivity index (χ2v) is 3.63. The summed E-state index contributed by atoms with van der Waals surface area (Å²) in [7, 11) is 1.93. The summed E-state index contributed by atoms with van der Waals surface area (Å²) in [6, 6.07) is 7.26. The van der Waals surface area contributed by atoms with Crippen molar-refractivity contribution in [3.63, 3.8) is 0 Å². The summed E-state index contributed by atoms with van der Waals surface area (Å²) in [4.78, 5) is 0. The van der Waals surface area contributed by atoms with Crippen LogP contribution in [0.5, 0.6) is 5.75 Å². The maximum atomic E-state index is 9.70. The molecule has 14 heavy (non-hydrogen) atoms. The standard InChI is InChI=1S/C11H12N2O/c1-9-7-12-13(2,8-9)10-5-3-4-6-11(10)14/h3-8H,1-2H3/p+1. The second kappa shape index (κ2) is 2.96. The van der Waals surface area contributed by atoms with E-state index in [0.29, 0.717) is 4.59 Å². The van der Waals surface area contributed by atoms with Crippen LogP contribution in [-0.2, 0) is 0 Å². The van der Waals surface area contributed by atoms with Crippen molar-refractivity contribution in [2.45, 2.75) is 6.92 Å². The van der Waals surface area contributed by atoms with Crippen LogP contribution in [0.4, 0.5) is 5.69 Å². The summed E-state index contributed by atoms with van der Waals surface area (Å²) in [5.41, 5.74) is 1.90. The number of allylic oxidation sites excluding steroid dienone is 1. The van der Waals surface area contributed by atoms with Gasteiger partial charge in [-0.3, -0.25) is 0 Å². The number of nitrogens with zero attached hydrogens (tertiary/aromatic N) is 2. The van der Waals surface area contributed by atoms with Gasteiger partial charge in [0.15, 0.2) is 5.75 Å². The Bertz CT molecular complexity index is 423. The molecule has 1 N–H and O–H groups in total. The van der Waals surface area contributed by atoms with Gasteiger partial charge in [-0.2, -0.15) is 0 Å². The molecule has 0 saturated heterocycles. The summed E-state index contributed by atoms with van der Waals surface area (Å²) in [6.45, 7) is 1.99. The highest BCUT2D eigenvalue weighted by atomic mass is 16.3. The second-order valence-electron chi connectivity index (χ2n) is 3.63. The van der Waals surface area contributed by atoms with Crippen molar-refractivity contribution in [2.24, 2.45) is 5.10 Å². The van der Waals surface area contributed by atoms with E-state index in [4.69, 9.17) is 0 Å². The van der Waals surface area contributed by atoms with E-state index in [2.05, 4.69) is 5.10 Å². The van der Waals surface area contributed by atoms with E-state index in [1.807, 2.05) is 38.5 Å². The van der Waals surface area contributed by atoms with Crippen molar-refractivity contribution in [3.8, 4) is 5.75 Å². The van der Waals surface area contributed by atoms with Gasteiger partial charge in [-0.25, -0.2) is 0 Å². The molecule has 0 spiro atoms. The summed E-state index contributed by atoms with van der Waals surface area (Å²) >= 11 is 0. The fraction of sp³-hybridized carbons (Fsp3) is 0.182. The lowest BCUT2D eigenvalue weighted by molar-refractivity contribution is 0.426. The zero-order valence-corrected chi connectivity index (χ0v) is 8.31. The molecular formula is C11H13N2O+. The molecule has 1 aliphatic heterocycles. The average Bonchev–Trinajstić information content (AvgIpc) is 2.48. The van der Waals surface area contributed by atoms with Gasteiger partial charge in [-0.1, -0.05) is 17.2 Å². The van der Waals surface area contributed by atoms with Crippen LogP contribution in [0.15, 0.2) is 41.1 Å². The lowest BCUT2D eigenvalue weighted by atomic mass is 10.2. The summed E-state index contributed by atoms with van der Waals surface area (Å²) in [6.07, 6.45) is 3.81. The number of phenolic OH excluding ortho intramolecular Hbond substituents is 1. The number of aromatic hydroxyl groups is 1. The number of benzene rings is 1. The van der Waals surface area contributed by atoms with E-state index < -0.39 is 0 Å². The Hall–Kier alpha value is -1.61. The minimum Gasteiger partial charge on any atom is -0.503 e. The highest BCUT2D eigenvalue weighted by molar-refractivity contribution is 5.82. The first-order chi connectivity index (χ1) is 6.62. The predicted molar refractivity (Wildman–Crippen MR) is 58.1 cm³/mol. The van der Waals surface area contributed by atoms with Crippen LogP contribution in [0.3, 0.4) is 0 Å². The zero-order chi connectivity index (χ0) is 10.2. The Kier molecular flexibility index (Phi) is 1.89. The first kappa shape index (κ1) is 8.97. The summed E-state index contributed by atoms with van der Waals surface area (Å²) in [5.74, 6) is 0.276. The number of hydrogen-bond donors (Lipinski definition) is 1. The highest BCUT2D eigenvalue weighted by Crippen LogP contribution is 2.34. The Morgan fingerprint density at radius 3 is 2.57 bits per heavy atom. The van der Waals surface area contributed by atoms with E-state index in [9.17, 15) is 5.11 Å². The lowest BCUT2D eigenvalue weighted by Crippen LogP contribution is -2.30. The highest BCUT2D eigenvalue weighted by Gasteiger charge is 2.29. The smallest absolute Gasteiger partial charge is 0.205 e. The van der Waals surface area contributed by atoms with Crippen molar-refractivity contribution in [2.75, 3.05) is 7.05 Å². The van der Waals surface area contributed by atoms with Crippen molar-refractivity contribution in [3.05, 3.63) is 36.0 Å². The van der Waals surface area contributed by atoms with Gasteiger partial charge in [0.05, 0.1) is 6.21 Å². The molecule has 1 aliphatic rings. The molecule has 0 fully saturated rings. The van der Waals surface area contributed by atoms with E-state index in [0.717, 1.165) is 11.3 Å². The summed E-state index contributed by atoms with van der Waals surface area (Å²) in [5, 5.41) is 14.0. The number of phenols is 1. The van der Waals surface area contributed by atoms with Crippen LogP contribution < -0.4 is 4.59 Å². The van der Waals surface area contributed by atoms with Crippen LogP contribution in [0.2, 0.25) is 0 Å². The first-order valence-electron chi connectivity index (χ1n) is 4.52. The quantitative estimate of drug-likeness (QED) is 0.675. The third kappa shape index (κ3) is 1.32. The minimum absolute atomic E-state index is 0.276. The molecule has 0 aliphatic carbocycles. The number of hydrogen-bond acceptors (Lipinski definition) is 2. The molecule has 1 aromatic rings. The minimum atomic E-state index is 0.276. The van der Waals surface area contributed by atoms with Gasteiger partial charge < -0.3 is 5.11 Å². The predicted octanol–water partition coefficient (Wildman–Crippen LogP) is 2.23. The third-order valence-electron chi connectivity index (χ3n) is 2.33. The SMILES string of the molecule is CC1=C[N+](C)(c2ccccc2O)N=C1. The van der Waals surface area contributed by atoms with Crippen molar-refractivity contribution >= 4 is 11.9 Å². The zero-order valence-electron chi connectivity index (χ0n) is 8.31. The van der Waals surface area contributed by atoms with Crippen LogP contribution in [0, 0.1) is 0 Å². The van der Waals surface area contributed by atoms with Crippen molar-refractivity contribution in [1.82, 2.24) is 4.59 Å². The fourth-order valence-electron chi connectivity index (χ4n) is 1.65. The number of quaternary nitrogens is 1. The van der Waals surface area contributed by atoms with E-state index in [-0.39, 0.29) is 5.75 Å². The molecular weight excluding hydrogens is 176 g/mol. The van der Waals surface area contributed by atoms with Gasteiger partial charge >= 0.3 is 0 Å². The Balaban J connectivity index is 2.51. The molecule has 0 radical (unpaired) electrons. The summed E-state index contributed by atoms with van der Waals surface area (Å²) < 4.78 is 0.290. The maximum Gasteiger partial charge on any atom is 0.205 e. The maximum absolute atomic E-state index is 9.70. The molecule has 0 saturated carbocycles. The topological polar surface area (TPSA) is 32.6 Å². The van der Waals surface area contributed by atoms with Crippen LogP contribution in [0.25, 0.3) is 0 Å². The van der Waals surface area contributed by atoms with Gasteiger partial charge in [0.1, 0.15) is 13.2 Å². The van der Waals surface area contributed by atoms with Crippen LogP contribution in [0.1, 0.15) is 6.92 Å². The third-order valence-corrected chi connectivity index (χ3v) is 2.33. The molecule has 3 heteroatoms. The molecule has 3 nitrogen and oxygen atoms in total. The fourth-order valence-corrected chi connectivity index (χ4v) is 1.65. The van der Waals surface area contributed by atoms with Gasteiger partial charge in [0, 0.05) is 11.6 Å². The van der Waals surface area contributed by atoms with Gasteiger partial charge in [-0.05, 0) is 13.0 Å². The molecule has 0 aromatic heterocycles. The monoisotopic (exact) mass is 189 g/mol. The molecule has 1 unspecified atom stereocenters. The molecule has 72 valence electrons. The average molecular weight is 189 g/mol. The molecule has 0 bridgehead atoms. The largest absolute Gasteiger partial charge is 0.503 e. The number of rotatable bonds is 1. The lowest BCUT2D eigenvalue weighted by Gasteiger charge is -2.20. The molecule has 2 rings (SSSR count). The van der Waals surface area contributed by atoms with Gasteiger partial charge in [0.2, 0.25) is 5.69 Å². The van der Waals surface area contributed by atoms with Gasteiger partial charge in [-0.15, -0.1) is 4.59 Å². The van der Waals surface area contributed by atoms with Crippen LogP contribution >= 0.6 is 0 Å². The van der Waals surface area contributed by atoms with E-state index in [1.165, 1.54) is 0 Å². The van der Waals surface area contributed by atoms with Crippen LogP contribution in [-0.4, -0.2) is 18.4 Å². The molecule has 1 heterocycles. The van der Waals surface area contributed by atoms with Gasteiger partial charge in [0.25, 0.3) is 0 Å².